The summed E-state index contributed by atoms with van der Waals surface area (Å²) in [5.74, 6) is -0.850. The van der Waals surface area contributed by atoms with E-state index in [9.17, 15) is 0 Å². The van der Waals surface area contributed by atoms with Crippen molar-refractivity contribution in [1.82, 2.24) is 0 Å². The summed E-state index contributed by atoms with van der Waals surface area (Å²) in [6.07, 6.45) is -2.42. The summed E-state index contributed by atoms with van der Waals surface area (Å²) in [4.78, 5) is 0. The van der Waals surface area contributed by atoms with Crippen molar-refractivity contribution >= 4 is 18.7 Å². The van der Waals surface area contributed by atoms with E-state index in [0.717, 1.165) is 10.4 Å². The number of benzene rings is 2. The molecule has 0 aliphatic carbocycles. The van der Waals surface area contributed by atoms with E-state index in [4.69, 9.17) is 23.4 Å². The van der Waals surface area contributed by atoms with Crippen LogP contribution in [-0.4, -0.2) is 58.1 Å². The summed E-state index contributed by atoms with van der Waals surface area (Å²) >= 11 is 0. The van der Waals surface area contributed by atoms with Crippen LogP contribution in [0.1, 0.15) is 34.6 Å². The van der Waals surface area contributed by atoms with E-state index in [0.29, 0.717) is 0 Å². The molecule has 5 atom stereocenters. The summed E-state index contributed by atoms with van der Waals surface area (Å²) in [6.45, 7) is 13.8. The first-order chi connectivity index (χ1) is 16.5. The van der Waals surface area contributed by atoms with E-state index in [1.165, 1.54) is 6.08 Å². The van der Waals surface area contributed by atoms with Crippen molar-refractivity contribution in [2.45, 2.75) is 75.7 Å². The number of ether oxygens (including phenoxy) is 4. The Hall–Kier alpha value is -1.87. The minimum atomic E-state index is -2.95. The van der Waals surface area contributed by atoms with Gasteiger partial charge in [-0.1, -0.05) is 87.5 Å². The summed E-state index contributed by atoms with van der Waals surface area (Å²) < 4.78 is 47.1. The van der Waals surface area contributed by atoms with Crippen LogP contribution in [0.2, 0.25) is 5.04 Å². The van der Waals surface area contributed by atoms with Crippen LogP contribution in [0.15, 0.2) is 73.3 Å². The van der Waals surface area contributed by atoms with E-state index >= 15 is 4.39 Å². The molecular weight excluding hydrogens is 463 g/mol. The van der Waals surface area contributed by atoms with E-state index < -0.39 is 44.4 Å². The first-order valence-electron chi connectivity index (χ1n) is 12.1. The molecule has 0 radical (unpaired) electrons. The van der Waals surface area contributed by atoms with Gasteiger partial charge in [-0.3, -0.25) is 0 Å². The number of alkyl halides is 1. The fourth-order valence-electron chi connectivity index (χ4n) is 5.55. The highest BCUT2D eigenvalue weighted by Gasteiger charge is 2.66. The van der Waals surface area contributed by atoms with Crippen molar-refractivity contribution in [1.29, 1.82) is 0 Å². The second-order valence-electron chi connectivity index (χ2n) is 10.8. The van der Waals surface area contributed by atoms with Crippen molar-refractivity contribution in [2.24, 2.45) is 0 Å². The molecule has 0 aromatic heterocycles. The van der Waals surface area contributed by atoms with E-state index in [1.807, 2.05) is 50.2 Å². The summed E-state index contributed by atoms with van der Waals surface area (Å²) in [7, 11) is -1.41. The lowest BCUT2D eigenvalue weighted by atomic mass is 9.90. The van der Waals surface area contributed by atoms with E-state index in [2.05, 4.69) is 51.6 Å². The SMILES string of the molecule is C=CC(F)[C@]1(CO[Si](c2ccccc2)(c2ccccc2)C(C)(C)C)O[C@@H]2OC(C)(C)O[C@@H]2[C@@H]1OC. The van der Waals surface area contributed by atoms with Gasteiger partial charge in [0.15, 0.2) is 23.8 Å². The Kier molecular flexibility index (Phi) is 7.14. The molecule has 2 heterocycles. The zero-order chi connectivity index (χ0) is 25.5. The van der Waals surface area contributed by atoms with Crippen LogP contribution in [0.25, 0.3) is 0 Å². The van der Waals surface area contributed by atoms with Gasteiger partial charge in [-0.2, -0.15) is 0 Å². The van der Waals surface area contributed by atoms with Gasteiger partial charge in [-0.15, -0.1) is 6.58 Å². The van der Waals surface area contributed by atoms with Crippen molar-refractivity contribution in [3.05, 3.63) is 73.3 Å². The van der Waals surface area contributed by atoms with Crippen molar-refractivity contribution in [2.75, 3.05) is 13.7 Å². The van der Waals surface area contributed by atoms with Gasteiger partial charge in [0.05, 0.1) is 6.61 Å². The number of hydrogen-bond acceptors (Lipinski definition) is 5. The number of methoxy groups -OCH3 is 1. The Morgan fingerprint density at radius 2 is 1.54 bits per heavy atom. The molecule has 1 unspecified atom stereocenters. The molecule has 7 heteroatoms. The van der Waals surface area contributed by atoms with Gasteiger partial charge in [0.2, 0.25) is 0 Å². The maximum absolute atomic E-state index is 15.8. The van der Waals surface area contributed by atoms with Gasteiger partial charge in [0.1, 0.15) is 12.2 Å². The normalized spacial score (nSPS) is 29.1. The average Bonchev–Trinajstić information content (AvgIpc) is 3.27. The number of hydrogen-bond donors (Lipinski definition) is 0. The van der Waals surface area contributed by atoms with Gasteiger partial charge >= 0.3 is 0 Å². The maximum atomic E-state index is 15.8. The number of halogens is 1. The Bertz CT molecular complexity index is 970. The number of rotatable bonds is 8. The highest BCUT2D eigenvalue weighted by molar-refractivity contribution is 6.99. The van der Waals surface area contributed by atoms with Crippen LogP contribution >= 0.6 is 0 Å². The zero-order valence-electron chi connectivity index (χ0n) is 21.5. The fourth-order valence-corrected chi connectivity index (χ4v) is 10.1. The molecule has 4 rings (SSSR count). The average molecular weight is 501 g/mol. The largest absolute Gasteiger partial charge is 0.404 e. The molecule has 5 nitrogen and oxygen atoms in total. The topological polar surface area (TPSA) is 46.2 Å². The second-order valence-corrected chi connectivity index (χ2v) is 15.1. The van der Waals surface area contributed by atoms with Gasteiger partial charge in [0, 0.05) is 7.11 Å². The van der Waals surface area contributed by atoms with Gasteiger partial charge in [-0.05, 0) is 29.3 Å². The Balaban J connectivity index is 1.80. The molecule has 2 aromatic rings. The monoisotopic (exact) mass is 500 g/mol. The summed E-state index contributed by atoms with van der Waals surface area (Å²) in [5.41, 5.74) is -1.48. The lowest BCUT2D eigenvalue weighted by molar-refractivity contribution is -0.256. The molecule has 35 heavy (non-hydrogen) atoms. The Labute approximate surface area is 209 Å². The molecule has 2 fully saturated rings. The smallest absolute Gasteiger partial charge is 0.261 e. The van der Waals surface area contributed by atoms with Crippen LogP contribution in [0, 0.1) is 0 Å². The minimum Gasteiger partial charge on any atom is -0.404 e. The molecule has 190 valence electrons. The van der Waals surface area contributed by atoms with E-state index in [-0.39, 0.29) is 11.6 Å². The third kappa shape index (κ3) is 4.43. The lowest BCUT2D eigenvalue weighted by Crippen LogP contribution is -2.69. The molecule has 0 saturated carbocycles. The third-order valence-electron chi connectivity index (χ3n) is 7.06. The minimum absolute atomic E-state index is 0.0495. The molecule has 2 aliphatic heterocycles. The number of fused-ring (bicyclic) bond motifs is 1. The third-order valence-corrected chi connectivity index (χ3v) is 12.0. The molecule has 2 aromatic carbocycles. The first-order valence-corrected chi connectivity index (χ1v) is 14.0. The maximum Gasteiger partial charge on any atom is 0.261 e. The van der Waals surface area contributed by atoms with Crippen LogP contribution < -0.4 is 10.4 Å². The van der Waals surface area contributed by atoms with Crippen LogP contribution in [-0.2, 0) is 23.4 Å². The van der Waals surface area contributed by atoms with Crippen molar-refractivity contribution < 1.29 is 27.8 Å². The predicted octanol–water partition coefficient (Wildman–Crippen LogP) is 4.35. The molecule has 0 spiro atoms. The molecule has 2 aliphatic rings. The molecule has 0 bridgehead atoms. The second kappa shape index (κ2) is 9.54. The van der Waals surface area contributed by atoms with Crippen LogP contribution in [0.5, 0.6) is 0 Å². The summed E-state index contributed by atoms with van der Waals surface area (Å²) in [5, 5.41) is 1.93. The highest BCUT2D eigenvalue weighted by atomic mass is 28.4. The van der Waals surface area contributed by atoms with Gasteiger partial charge < -0.3 is 23.4 Å². The van der Waals surface area contributed by atoms with Crippen molar-refractivity contribution in [3.63, 3.8) is 0 Å². The van der Waals surface area contributed by atoms with E-state index in [1.54, 1.807) is 7.11 Å². The standard InChI is InChI=1S/C28H37FO5Si/c1-8-22(29)28(24(30-7)23-25(34-28)33-27(5,6)32-23)19-31-35(26(2,3)4,20-15-11-9-12-16-20)21-17-13-10-14-18-21/h8-18,22-25H,1,19H2,2-7H3/t22?,23-,24+,25+,28+/m1/s1. The molecule has 0 N–H and O–H groups in total. The quantitative estimate of drug-likeness (QED) is 0.398. The predicted molar refractivity (Wildman–Crippen MR) is 137 cm³/mol. The first kappa shape index (κ1) is 26.2. The van der Waals surface area contributed by atoms with Gasteiger partial charge in [0.25, 0.3) is 8.32 Å². The molecule has 2 saturated heterocycles. The molecular formula is C28H37FO5Si. The summed E-state index contributed by atoms with van der Waals surface area (Å²) in [6, 6.07) is 20.5. The molecule has 0 amide bonds. The van der Waals surface area contributed by atoms with Gasteiger partial charge in [-0.25, -0.2) is 4.39 Å². The Morgan fingerprint density at radius 1 is 1.00 bits per heavy atom. The van der Waals surface area contributed by atoms with Crippen LogP contribution in [0.4, 0.5) is 4.39 Å². The zero-order valence-corrected chi connectivity index (χ0v) is 22.5. The van der Waals surface area contributed by atoms with Crippen LogP contribution in [0.3, 0.4) is 0 Å². The lowest BCUT2D eigenvalue weighted by Gasteiger charge is -2.46. The van der Waals surface area contributed by atoms with Crippen molar-refractivity contribution in [3.8, 4) is 0 Å². The fraction of sp³-hybridized carbons (Fsp3) is 0.500. The highest BCUT2D eigenvalue weighted by Crippen LogP contribution is 2.47. The Morgan fingerprint density at radius 3 is 2.00 bits per heavy atom.